The fraction of sp³-hybridized carbons (Fsp3) is 0.333. The number of aryl methyl sites for hydroxylation is 1. The number of aromatic nitrogens is 2. The van der Waals surface area contributed by atoms with Crippen molar-refractivity contribution in [3.8, 4) is 11.4 Å². The van der Waals surface area contributed by atoms with Crippen LogP contribution in [0.2, 0.25) is 0 Å². The zero-order chi connectivity index (χ0) is 21.1. The molecule has 1 N–H and O–H groups in total. The summed E-state index contributed by atoms with van der Waals surface area (Å²) in [7, 11) is 0. The van der Waals surface area contributed by atoms with Crippen LogP contribution in [0.1, 0.15) is 35.3 Å². The molecule has 0 aliphatic carbocycles. The van der Waals surface area contributed by atoms with E-state index in [9.17, 15) is 4.79 Å². The third-order valence-electron chi connectivity index (χ3n) is 5.63. The number of nitrogens with one attached hydrogen (secondary N) is 1. The molecular weight excluding hydrogens is 376 g/mol. The smallest absolute Gasteiger partial charge is 0.234 e. The summed E-state index contributed by atoms with van der Waals surface area (Å²) < 4.78 is 7.74. The quantitative estimate of drug-likeness (QED) is 0.706. The van der Waals surface area contributed by atoms with Crippen LogP contribution in [0.25, 0.3) is 5.69 Å². The Morgan fingerprint density at radius 2 is 1.93 bits per heavy atom. The highest BCUT2D eigenvalue weighted by molar-refractivity contribution is 5.78. The Bertz CT molecular complexity index is 1040. The van der Waals surface area contributed by atoms with Gasteiger partial charge in [-0.15, -0.1) is 0 Å². The van der Waals surface area contributed by atoms with Gasteiger partial charge in [0.15, 0.2) is 0 Å². The van der Waals surface area contributed by atoms with Gasteiger partial charge in [0.05, 0.1) is 24.5 Å². The lowest BCUT2D eigenvalue weighted by atomic mass is 10.1. The van der Waals surface area contributed by atoms with E-state index in [1.165, 1.54) is 0 Å². The van der Waals surface area contributed by atoms with Crippen LogP contribution in [0.5, 0.6) is 5.75 Å². The first-order chi connectivity index (χ1) is 14.5. The second-order valence-corrected chi connectivity index (χ2v) is 7.84. The van der Waals surface area contributed by atoms with Crippen molar-refractivity contribution in [1.29, 1.82) is 0 Å². The molecule has 1 amide bonds. The summed E-state index contributed by atoms with van der Waals surface area (Å²) >= 11 is 0. The van der Waals surface area contributed by atoms with Crippen molar-refractivity contribution < 1.29 is 9.53 Å². The van der Waals surface area contributed by atoms with Crippen molar-refractivity contribution in [3.05, 3.63) is 77.1 Å². The van der Waals surface area contributed by atoms with Gasteiger partial charge in [0.1, 0.15) is 12.4 Å². The maximum atomic E-state index is 12.7. The van der Waals surface area contributed by atoms with Crippen molar-refractivity contribution in [2.24, 2.45) is 0 Å². The first-order valence-electron chi connectivity index (χ1n) is 10.4. The second kappa shape index (κ2) is 8.71. The number of ether oxygens (including phenoxy) is 1. The molecule has 6 nitrogen and oxygen atoms in total. The molecule has 1 aliphatic rings. The zero-order valence-electron chi connectivity index (χ0n) is 17.8. The fourth-order valence-electron chi connectivity index (χ4n) is 3.97. The van der Waals surface area contributed by atoms with Crippen molar-refractivity contribution in [1.82, 2.24) is 20.0 Å². The number of benzene rings is 2. The first kappa shape index (κ1) is 20.2. The number of amides is 1. The highest BCUT2D eigenvalue weighted by Crippen LogP contribution is 2.23. The largest absolute Gasteiger partial charge is 0.492 e. The molecule has 4 rings (SSSR count). The van der Waals surface area contributed by atoms with E-state index in [0.717, 1.165) is 40.4 Å². The van der Waals surface area contributed by atoms with Crippen molar-refractivity contribution in [3.63, 3.8) is 0 Å². The number of para-hydroxylation sites is 2. The molecular formula is C24H28N4O2. The van der Waals surface area contributed by atoms with Crippen LogP contribution in [0.15, 0.2) is 54.7 Å². The van der Waals surface area contributed by atoms with E-state index >= 15 is 0 Å². The van der Waals surface area contributed by atoms with E-state index in [1.54, 1.807) is 0 Å². The molecule has 3 aromatic rings. The number of hydrogen-bond donors (Lipinski definition) is 1. The van der Waals surface area contributed by atoms with Crippen molar-refractivity contribution in [2.75, 3.05) is 19.7 Å². The van der Waals surface area contributed by atoms with Gasteiger partial charge in [0, 0.05) is 29.9 Å². The molecule has 0 bridgehead atoms. The molecule has 1 aromatic heterocycles. The Morgan fingerprint density at radius 3 is 2.77 bits per heavy atom. The first-order valence-corrected chi connectivity index (χ1v) is 10.4. The molecule has 1 aliphatic heterocycles. The Balaban J connectivity index is 1.41. The normalized spacial score (nSPS) is 15.0. The molecule has 1 atom stereocenters. The number of carbonyl (C=O) groups excluding carboxylic acids is 1. The van der Waals surface area contributed by atoms with Crippen molar-refractivity contribution >= 4 is 5.91 Å². The van der Waals surface area contributed by atoms with Crippen LogP contribution in [0.3, 0.4) is 0 Å². The van der Waals surface area contributed by atoms with E-state index < -0.39 is 0 Å². The van der Waals surface area contributed by atoms with Gasteiger partial charge < -0.3 is 10.1 Å². The van der Waals surface area contributed by atoms with E-state index in [4.69, 9.17) is 4.74 Å². The summed E-state index contributed by atoms with van der Waals surface area (Å²) in [6.07, 6.45) is 1.85. The summed E-state index contributed by atoms with van der Waals surface area (Å²) in [6, 6.07) is 16.1. The molecule has 2 aromatic carbocycles. The molecule has 0 radical (unpaired) electrons. The number of fused-ring (bicyclic) bond motifs is 1. The van der Waals surface area contributed by atoms with Crippen LogP contribution in [-0.2, 0) is 11.3 Å². The SMILES string of the molecule is Cc1ccccc1-n1ncc([C@H](C)NC(=O)CN2CCOc3ccccc3C2)c1C. The lowest BCUT2D eigenvalue weighted by Crippen LogP contribution is -2.39. The lowest BCUT2D eigenvalue weighted by molar-refractivity contribution is -0.123. The minimum atomic E-state index is -0.120. The molecule has 0 fully saturated rings. The maximum absolute atomic E-state index is 12.7. The predicted octanol–water partition coefficient (Wildman–Crippen LogP) is 3.56. The average Bonchev–Trinajstić information content (AvgIpc) is 2.98. The fourth-order valence-corrected chi connectivity index (χ4v) is 3.97. The lowest BCUT2D eigenvalue weighted by Gasteiger charge is -2.21. The highest BCUT2D eigenvalue weighted by Gasteiger charge is 2.20. The van der Waals surface area contributed by atoms with Crippen LogP contribution < -0.4 is 10.1 Å². The standard InChI is InChI=1S/C24H28N4O2/c1-17-8-4-6-10-22(17)28-19(3)21(14-25-28)18(2)26-24(29)16-27-12-13-30-23-11-7-5-9-20(23)15-27/h4-11,14,18H,12-13,15-16H2,1-3H3,(H,26,29)/t18-/m0/s1. The zero-order valence-corrected chi connectivity index (χ0v) is 17.8. The number of nitrogens with zero attached hydrogens (tertiary/aromatic N) is 3. The summed E-state index contributed by atoms with van der Waals surface area (Å²) in [5.74, 6) is 0.915. The van der Waals surface area contributed by atoms with E-state index in [-0.39, 0.29) is 11.9 Å². The molecule has 30 heavy (non-hydrogen) atoms. The predicted molar refractivity (Wildman–Crippen MR) is 117 cm³/mol. The maximum Gasteiger partial charge on any atom is 0.234 e. The Hall–Kier alpha value is -3.12. The van der Waals surface area contributed by atoms with E-state index in [2.05, 4.69) is 40.4 Å². The third kappa shape index (κ3) is 4.24. The second-order valence-electron chi connectivity index (χ2n) is 7.84. The van der Waals surface area contributed by atoms with Gasteiger partial charge in [0.25, 0.3) is 0 Å². The Morgan fingerprint density at radius 1 is 1.17 bits per heavy atom. The van der Waals surface area contributed by atoms with Crippen molar-refractivity contribution in [2.45, 2.75) is 33.4 Å². The number of rotatable bonds is 5. The minimum Gasteiger partial charge on any atom is -0.492 e. The Kier molecular flexibility index (Phi) is 5.86. The summed E-state index contributed by atoms with van der Waals surface area (Å²) in [5.41, 5.74) is 5.40. The molecule has 0 spiro atoms. The van der Waals surface area contributed by atoms with Gasteiger partial charge in [-0.25, -0.2) is 4.68 Å². The van der Waals surface area contributed by atoms with Gasteiger partial charge >= 0.3 is 0 Å². The number of carbonyl (C=O) groups is 1. The number of hydrogen-bond acceptors (Lipinski definition) is 4. The monoisotopic (exact) mass is 404 g/mol. The third-order valence-corrected chi connectivity index (χ3v) is 5.63. The van der Waals surface area contributed by atoms with E-state index in [0.29, 0.717) is 19.7 Å². The summed E-state index contributed by atoms with van der Waals surface area (Å²) in [6.45, 7) is 8.48. The molecule has 2 heterocycles. The summed E-state index contributed by atoms with van der Waals surface area (Å²) in [5, 5.41) is 7.70. The van der Waals surface area contributed by atoms with Gasteiger partial charge in [-0.2, -0.15) is 5.10 Å². The van der Waals surface area contributed by atoms with Crippen LogP contribution in [0.4, 0.5) is 0 Å². The van der Waals surface area contributed by atoms with E-state index in [1.807, 2.05) is 55.1 Å². The van der Waals surface area contributed by atoms with Gasteiger partial charge in [-0.1, -0.05) is 36.4 Å². The van der Waals surface area contributed by atoms with Crippen LogP contribution in [-0.4, -0.2) is 40.3 Å². The van der Waals surface area contributed by atoms with Gasteiger partial charge in [-0.05, 0) is 38.5 Å². The summed E-state index contributed by atoms with van der Waals surface area (Å²) in [4.78, 5) is 14.9. The topological polar surface area (TPSA) is 59.4 Å². The minimum absolute atomic E-state index is 0.00456. The van der Waals surface area contributed by atoms with Gasteiger partial charge in [0.2, 0.25) is 5.91 Å². The molecule has 0 unspecified atom stereocenters. The average molecular weight is 405 g/mol. The molecule has 156 valence electrons. The molecule has 0 saturated heterocycles. The molecule has 0 saturated carbocycles. The van der Waals surface area contributed by atoms with Crippen LogP contribution in [0, 0.1) is 13.8 Å². The Labute approximate surface area is 177 Å². The van der Waals surface area contributed by atoms with Crippen LogP contribution >= 0.6 is 0 Å². The highest BCUT2D eigenvalue weighted by atomic mass is 16.5. The molecule has 6 heteroatoms. The van der Waals surface area contributed by atoms with Gasteiger partial charge in [-0.3, -0.25) is 9.69 Å².